The molecule has 1 aliphatic rings. The summed E-state index contributed by atoms with van der Waals surface area (Å²) in [6, 6.07) is 16.5. The Balaban J connectivity index is 0.00000146. The van der Waals surface area contributed by atoms with E-state index in [1.165, 1.54) is 22.2 Å². The van der Waals surface area contributed by atoms with Gasteiger partial charge in [-0.2, -0.15) is 4.57 Å². The minimum atomic E-state index is 0. The molecule has 0 atom stereocenters. The number of nitrogens with two attached hydrogens (primary N) is 1. The molecule has 4 aromatic rings. The molecule has 1 aliphatic heterocycles. The van der Waals surface area contributed by atoms with E-state index in [1.807, 2.05) is 12.1 Å². The zero-order valence-electron chi connectivity index (χ0n) is 12.8. The number of hydrogen-bond donors (Lipinski definition) is 2. The maximum Gasteiger partial charge on any atom is 0.231 e. The van der Waals surface area contributed by atoms with Gasteiger partial charge in [0.2, 0.25) is 11.2 Å². The van der Waals surface area contributed by atoms with Crippen molar-refractivity contribution in [1.82, 2.24) is 4.98 Å². The molecule has 0 saturated carbocycles. The highest BCUT2D eigenvalue weighted by Gasteiger charge is 2.29. The van der Waals surface area contributed by atoms with E-state index < -0.39 is 0 Å². The van der Waals surface area contributed by atoms with Crippen LogP contribution in [0.2, 0.25) is 5.02 Å². The van der Waals surface area contributed by atoms with Gasteiger partial charge in [0.25, 0.3) is 0 Å². The van der Waals surface area contributed by atoms with E-state index in [9.17, 15) is 0 Å². The fourth-order valence-electron chi connectivity index (χ4n) is 3.76. The van der Waals surface area contributed by atoms with Gasteiger partial charge in [-0.1, -0.05) is 29.8 Å². The number of pyridine rings is 1. The highest BCUT2D eigenvalue weighted by molar-refractivity contribution is 6.31. The molecule has 3 heterocycles. The van der Waals surface area contributed by atoms with Crippen molar-refractivity contribution in [3.63, 3.8) is 0 Å². The van der Waals surface area contributed by atoms with Gasteiger partial charge in [-0.05, 0) is 23.8 Å². The van der Waals surface area contributed by atoms with Crippen LogP contribution in [0.4, 0.5) is 5.69 Å². The van der Waals surface area contributed by atoms with Crippen LogP contribution in [0.1, 0.15) is 5.56 Å². The van der Waals surface area contributed by atoms with Crippen LogP contribution in [-0.4, -0.2) is 4.98 Å². The van der Waals surface area contributed by atoms with Crippen LogP contribution in [-0.2, 0) is 13.0 Å². The number of aromatic nitrogens is 2. The van der Waals surface area contributed by atoms with Crippen molar-refractivity contribution in [3.8, 4) is 11.4 Å². The molecule has 2 aromatic heterocycles. The van der Waals surface area contributed by atoms with Gasteiger partial charge in [-0.25, -0.2) is 0 Å². The number of halogens is 2. The second-order valence-corrected chi connectivity index (χ2v) is 6.51. The summed E-state index contributed by atoms with van der Waals surface area (Å²) >= 11 is 6.14. The highest BCUT2D eigenvalue weighted by atomic mass is 35.5. The van der Waals surface area contributed by atoms with Crippen molar-refractivity contribution in [2.45, 2.75) is 13.0 Å². The molecule has 5 rings (SSSR count). The topological polar surface area (TPSA) is 45.7 Å². The number of anilines is 1. The first-order valence-corrected chi connectivity index (χ1v) is 8.12. The molecular formula is C19H15Cl2N3. The Kier molecular flexibility index (Phi) is 3.44. The number of hydrogen-bond acceptors (Lipinski definition) is 1. The molecule has 0 saturated heterocycles. The van der Waals surface area contributed by atoms with Gasteiger partial charge in [0, 0.05) is 34.5 Å². The number of rotatable bonds is 0. The van der Waals surface area contributed by atoms with Gasteiger partial charge in [-0.3, -0.25) is 0 Å². The summed E-state index contributed by atoms with van der Waals surface area (Å²) in [7, 11) is 0. The first kappa shape index (κ1) is 15.3. The molecule has 3 nitrogen and oxygen atoms in total. The maximum absolute atomic E-state index is 6.31. The highest BCUT2D eigenvalue weighted by Crippen LogP contribution is 2.35. The molecular weight excluding hydrogens is 341 g/mol. The zero-order valence-corrected chi connectivity index (χ0v) is 14.3. The average molecular weight is 356 g/mol. The van der Waals surface area contributed by atoms with E-state index in [0.717, 1.165) is 35.2 Å². The van der Waals surface area contributed by atoms with E-state index in [4.69, 9.17) is 17.3 Å². The first-order chi connectivity index (χ1) is 11.2. The summed E-state index contributed by atoms with van der Waals surface area (Å²) in [4.78, 5) is 3.57. The summed E-state index contributed by atoms with van der Waals surface area (Å²) in [6.45, 7) is 0.947. The summed E-state index contributed by atoms with van der Waals surface area (Å²) in [6.07, 6.45) is 1.01. The van der Waals surface area contributed by atoms with Gasteiger partial charge in [0.1, 0.15) is 5.69 Å². The van der Waals surface area contributed by atoms with Crippen molar-refractivity contribution in [2.75, 3.05) is 5.73 Å². The number of para-hydroxylation sites is 1. The Hall–Kier alpha value is -2.23. The molecule has 0 bridgehead atoms. The third-order valence-electron chi connectivity index (χ3n) is 4.80. The molecule has 0 amide bonds. The van der Waals surface area contributed by atoms with Crippen LogP contribution >= 0.6 is 11.6 Å². The fraction of sp³-hybridized carbons (Fsp3) is 0.105. The minimum Gasteiger partial charge on any atom is -1.00 e. The third-order valence-corrected chi connectivity index (χ3v) is 5.03. The lowest BCUT2D eigenvalue weighted by Gasteiger charge is -2.14. The maximum atomic E-state index is 6.31. The zero-order chi connectivity index (χ0) is 15.6. The molecule has 120 valence electrons. The number of nitrogens with zero attached hydrogens (tertiary/aromatic N) is 1. The number of benzene rings is 2. The van der Waals surface area contributed by atoms with Crippen molar-refractivity contribution in [2.24, 2.45) is 0 Å². The predicted octanol–water partition coefficient (Wildman–Crippen LogP) is 1.07. The molecule has 0 fully saturated rings. The third kappa shape index (κ3) is 2.02. The number of fused-ring (bicyclic) bond motifs is 7. The van der Waals surface area contributed by atoms with Crippen molar-refractivity contribution in [3.05, 3.63) is 59.1 Å². The Morgan fingerprint density at radius 3 is 2.75 bits per heavy atom. The largest absolute Gasteiger partial charge is 1.00 e. The van der Waals surface area contributed by atoms with Gasteiger partial charge >= 0.3 is 0 Å². The van der Waals surface area contributed by atoms with Crippen LogP contribution in [0.3, 0.4) is 0 Å². The number of H-pyrrole nitrogens is 1. The minimum absolute atomic E-state index is 0. The van der Waals surface area contributed by atoms with Gasteiger partial charge in [0.05, 0.1) is 11.1 Å². The molecule has 0 unspecified atom stereocenters. The van der Waals surface area contributed by atoms with Gasteiger partial charge in [0.15, 0.2) is 6.54 Å². The molecule has 5 heteroatoms. The molecule has 0 aliphatic carbocycles. The van der Waals surface area contributed by atoms with E-state index in [-0.39, 0.29) is 12.4 Å². The van der Waals surface area contributed by atoms with Gasteiger partial charge in [-0.15, -0.1) is 0 Å². The first-order valence-electron chi connectivity index (χ1n) is 7.74. The van der Waals surface area contributed by atoms with E-state index in [0.29, 0.717) is 5.02 Å². The smallest absolute Gasteiger partial charge is 0.231 e. The quantitative estimate of drug-likeness (QED) is 0.455. The lowest BCUT2D eigenvalue weighted by atomic mass is 10.00. The predicted molar refractivity (Wildman–Crippen MR) is 94.6 cm³/mol. The number of aromatic amines is 1. The van der Waals surface area contributed by atoms with Crippen LogP contribution in [0, 0.1) is 0 Å². The summed E-state index contributed by atoms with van der Waals surface area (Å²) < 4.78 is 2.33. The fourth-order valence-corrected chi connectivity index (χ4v) is 3.93. The molecule has 0 radical (unpaired) electrons. The van der Waals surface area contributed by atoms with E-state index in [1.54, 1.807) is 0 Å². The molecule has 3 N–H and O–H groups in total. The number of nitrogen functional groups attached to an aromatic ring is 1. The van der Waals surface area contributed by atoms with Crippen LogP contribution in [0.25, 0.3) is 33.2 Å². The standard InChI is InChI=1S/C19H14ClN3.ClH/c20-11-5-6-17-14(9-11)15(21)10-18-19-13(7-8-23(17)18)12-3-1-2-4-16(12)22-19;/h1-6,9-10H,7-8H2,(H2,21,22);1H. The van der Waals surface area contributed by atoms with Crippen molar-refractivity contribution in [1.29, 1.82) is 0 Å². The lowest BCUT2D eigenvalue weighted by molar-refractivity contribution is -0.661. The SMILES string of the molecule is Nc1cc2[n+](c3ccc(Cl)cc13)CCc1c-2[nH]c2ccccc12.[Cl-]. The second kappa shape index (κ2) is 5.40. The summed E-state index contributed by atoms with van der Waals surface area (Å²) in [5.74, 6) is 0. The second-order valence-electron chi connectivity index (χ2n) is 6.07. The van der Waals surface area contributed by atoms with Crippen LogP contribution in [0.5, 0.6) is 0 Å². The van der Waals surface area contributed by atoms with Crippen LogP contribution < -0.4 is 22.7 Å². The Morgan fingerprint density at radius 2 is 1.88 bits per heavy atom. The van der Waals surface area contributed by atoms with Gasteiger partial charge < -0.3 is 23.1 Å². The number of nitrogens with one attached hydrogen (secondary N) is 1. The van der Waals surface area contributed by atoms with Crippen molar-refractivity contribution >= 4 is 39.1 Å². The lowest BCUT2D eigenvalue weighted by Crippen LogP contribution is -3.00. The van der Waals surface area contributed by atoms with E-state index >= 15 is 0 Å². The average Bonchev–Trinajstić information content (AvgIpc) is 2.94. The Labute approximate surface area is 150 Å². The molecule has 0 spiro atoms. The van der Waals surface area contributed by atoms with Crippen molar-refractivity contribution < 1.29 is 17.0 Å². The molecule has 24 heavy (non-hydrogen) atoms. The Morgan fingerprint density at radius 1 is 1.04 bits per heavy atom. The van der Waals surface area contributed by atoms with E-state index in [2.05, 4.69) is 45.9 Å². The van der Waals surface area contributed by atoms with Crippen LogP contribution in [0.15, 0.2) is 48.5 Å². The molecule has 2 aromatic carbocycles. The Bertz CT molecular complexity index is 1100. The summed E-state index contributed by atoms with van der Waals surface area (Å²) in [5, 5.41) is 3.04. The normalized spacial score (nSPS) is 12.7. The summed E-state index contributed by atoms with van der Waals surface area (Å²) in [5.41, 5.74) is 13.1. The number of aryl methyl sites for hydroxylation is 2. The monoisotopic (exact) mass is 355 g/mol.